The minimum atomic E-state index is -0.559. The number of imide groups is 1. The minimum absolute atomic E-state index is 0.212. The first kappa shape index (κ1) is 19.1. The van der Waals surface area contributed by atoms with E-state index in [2.05, 4.69) is 13.2 Å². The highest BCUT2D eigenvalue weighted by Crippen LogP contribution is 2.29. The summed E-state index contributed by atoms with van der Waals surface area (Å²) in [4.78, 5) is 27.8. The lowest BCUT2D eigenvalue weighted by Gasteiger charge is -2.25. The number of benzene rings is 1. The fourth-order valence-corrected chi connectivity index (χ4v) is 4.02. The molecule has 0 unspecified atom stereocenters. The molecule has 0 spiro atoms. The molecule has 0 N–H and O–H groups in total. The summed E-state index contributed by atoms with van der Waals surface area (Å²) in [5.74, 6) is -0.586. The van der Waals surface area contributed by atoms with Gasteiger partial charge in [-0.2, -0.15) is 0 Å². The van der Waals surface area contributed by atoms with Gasteiger partial charge in [0.1, 0.15) is 6.61 Å². The Morgan fingerprint density at radius 1 is 1.30 bits per heavy atom. The molecule has 0 aliphatic carbocycles. The molecule has 140 valence electrons. The first-order valence-electron chi connectivity index (χ1n) is 8.96. The van der Waals surface area contributed by atoms with Crippen LogP contribution in [0.1, 0.15) is 23.3 Å². The Bertz CT molecular complexity index is 813. The van der Waals surface area contributed by atoms with Crippen molar-refractivity contribution < 1.29 is 14.3 Å². The Hall–Kier alpha value is -2.66. The lowest BCUT2D eigenvalue weighted by Crippen LogP contribution is -2.43. The molecule has 1 aliphatic heterocycles. The van der Waals surface area contributed by atoms with Crippen LogP contribution in [0.15, 0.2) is 67.1 Å². The smallest absolute Gasteiger partial charge is 0.416 e. The highest BCUT2D eigenvalue weighted by molar-refractivity contribution is 7.11. The molecular weight excluding hydrogens is 358 g/mol. The van der Waals surface area contributed by atoms with Gasteiger partial charge in [-0.05, 0) is 41.8 Å². The van der Waals surface area contributed by atoms with Crippen LogP contribution in [0.5, 0.6) is 0 Å². The van der Waals surface area contributed by atoms with Gasteiger partial charge >= 0.3 is 6.09 Å². The molecule has 3 rings (SSSR count). The molecule has 2 atom stereocenters. The van der Waals surface area contributed by atoms with Gasteiger partial charge in [0.15, 0.2) is 0 Å². The highest BCUT2D eigenvalue weighted by atomic mass is 32.1. The van der Waals surface area contributed by atoms with E-state index in [1.165, 1.54) is 4.90 Å². The number of ether oxygens (including phenoxy) is 1. The minimum Gasteiger partial charge on any atom is -0.447 e. The zero-order chi connectivity index (χ0) is 19.2. The van der Waals surface area contributed by atoms with Crippen molar-refractivity contribution in [2.24, 2.45) is 5.92 Å². The molecule has 5 heteroatoms. The van der Waals surface area contributed by atoms with Crippen LogP contribution < -0.4 is 0 Å². The third-order valence-corrected chi connectivity index (χ3v) is 5.65. The van der Waals surface area contributed by atoms with Gasteiger partial charge in [0.2, 0.25) is 5.91 Å². The van der Waals surface area contributed by atoms with Crippen molar-refractivity contribution in [2.45, 2.75) is 25.3 Å². The number of hydrogen-bond donors (Lipinski definition) is 0. The summed E-state index contributed by atoms with van der Waals surface area (Å²) in [6.45, 7) is 8.12. The maximum absolute atomic E-state index is 13.2. The molecule has 1 aromatic carbocycles. The Balaban J connectivity index is 1.75. The van der Waals surface area contributed by atoms with Gasteiger partial charge in [-0.15, -0.1) is 17.9 Å². The van der Waals surface area contributed by atoms with Gasteiger partial charge in [0, 0.05) is 10.8 Å². The van der Waals surface area contributed by atoms with Crippen molar-refractivity contribution >= 4 is 28.9 Å². The van der Waals surface area contributed by atoms with Crippen LogP contribution in [0.4, 0.5) is 4.79 Å². The van der Waals surface area contributed by atoms with E-state index >= 15 is 0 Å². The average molecular weight is 381 g/mol. The lowest BCUT2D eigenvalue weighted by atomic mass is 9.93. The predicted octanol–water partition coefficient (Wildman–Crippen LogP) is 4.93. The van der Waals surface area contributed by atoms with E-state index in [9.17, 15) is 9.59 Å². The first-order chi connectivity index (χ1) is 13.1. The SMILES string of the molecule is C=CC[C@@H](CC(=C)c1cccs1)C(=O)N1C(=O)OC[C@@H]1Cc1ccccc1. The van der Waals surface area contributed by atoms with Crippen LogP contribution in [0, 0.1) is 5.92 Å². The van der Waals surface area contributed by atoms with Crippen LogP contribution in [-0.4, -0.2) is 29.5 Å². The summed E-state index contributed by atoms with van der Waals surface area (Å²) < 4.78 is 5.20. The third-order valence-electron chi connectivity index (χ3n) is 4.68. The zero-order valence-corrected chi connectivity index (χ0v) is 16.0. The third kappa shape index (κ3) is 4.55. The quantitative estimate of drug-likeness (QED) is 0.609. The summed E-state index contributed by atoms with van der Waals surface area (Å²) in [6.07, 6.45) is 2.73. The monoisotopic (exact) mass is 381 g/mol. The van der Waals surface area contributed by atoms with Gasteiger partial charge in [-0.1, -0.05) is 49.1 Å². The predicted molar refractivity (Wildman–Crippen MR) is 108 cm³/mol. The van der Waals surface area contributed by atoms with E-state index < -0.39 is 6.09 Å². The van der Waals surface area contributed by atoms with Gasteiger partial charge in [-0.3, -0.25) is 4.79 Å². The lowest BCUT2D eigenvalue weighted by molar-refractivity contribution is -0.133. The molecular formula is C22H23NO3S. The van der Waals surface area contributed by atoms with Gasteiger partial charge < -0.3 is 4.74 Å². The van der Waals surface area contributed by atoms with Crippen molar-refractivity contribution in [1.82, 2.24) is 4.90 Å². The molecule has 2 amide bonds. The van der Waals surface area contributed by atoms with Crippen LogP contribution in [0.2, 0.25) is 0 Å². The fraction of sp³-hybridized carbons (Fsp3) is 0.273. The van der Waals surface area contributed by atoms with Crippen molar-refractivity contribution in [1.29, 1.82) is 0 Å². The molecule has 0 radical (unpaired) electrons. The number of thiophene rings is 1. The second-order valence-electron chi connectivity index (χ2n) is 6.63. The zero-order valence-electron chi connectivity index (χ0n) is 15.2. The van der Waals surface area contributed by atoms with Crippen LogP contribution >= 0.6 is 11.3 Å². The Labute approximate surface area is 163 Å². The van der Waals surface area contributed by atoms with Gasteiger partial charge in [0.25, 0.3) is 0 Å². The number of rotatable bonds is 8. The fourth-order valence-electron chi connectivity index (χ4n) is 3.31. The Morgan fingerprint density at radius 3 is 2.74 bits per heavy atom. The van der Waals surface area contributed by atoms with E-state index in [0.29, 0.717) is 19.3 Å². The van der Waals surface area contributed by atoms with Crippen molar-refractivity contribution in [3.8, 4) is 0 Å². The average Bonchev–Trinajstić information content (AvgIpc) is 3.32. The van der Waals surface area contributed by atoms with Gasteiger partial charge in [0.05, 0.1) is 6.04 Å². The number of hydrogen-bond acceptors (Lipinski definition) is 4. The molecule has 0 saturated carbocycles. The van der Waals surface area contributed by atoms with Crippen molar-refractivity contribution in [3.63, 3.8) is 0 Å². The summed E-state index contributed by atoms with van der Waals surface area (Å²) in [5.41, 5.74) is 1.97. The molecule has 1 fully saturated rings. The molecule has 1 saturated heterocycles. The van der Waals surface area contributed by atoms with E-state index in [0.717, 1.165) is 16.0 Å². The first-order valence-corrected chi connectivity index (χ1v) is 9.84. The van der Waals surface area contributed by atoms with Crippen molar-refractivity contribution in [3.05, 3.63) is 77.5 Å². The van der Waals surface area contributed by atoms with Crippen LogP contribution in [-0.2, 0) is 16.0 Å². The van der Waals surface area contributed by atoms with Crippen molar-refractivity contribution in [2.75, 3.05) is 6.61 Å². The van der Waals surface area contributed by atoms with E-state index in [1.54, 1.807) is 17.4 Å². The number of nitrogens with zero attached hydrogens (tertiary/aromatic N) is 1. The number of allylic oxidation sites excluding steroid dienone is 2. The normalized spacial score (nSPS) is 17.4. The summed E-state index contributed by atoms with van der Waals surface area (Å²) in [6, 6.07) is 13.5. The topological polar surface area (TPSA) is 46.6 Å². The summed E-state index contributed by atoms with van der Waals surface area (Å²) in [5, 5.41) is 1.98. The second kappa shape index (κ2) is 8.82. The largest absolute Gasteiger partial charge is 0.447 e. The highest BCUT2D eigenvalue weighted by Gasteiger charge is 2.40. The summed E-state index contributed by atoms with van der Waals surface area (Å²) in [7, 11) is 0. The molecule has 1 aliphatic rings. The molecule has 4 nitrogen and oxygen atoms in total. The number of cyclic esters (lactones) is 1. The standard InChI is InChI=1S/C22H23NO3S/c1-3-8-18(13-16(2)20-11-7-12-27-20)21(24)23-19(15-26-22(23)25)14-17-9-5-4-6-10-17/h3-7,9-12,18-19H,1-2,8,13-15H2/t18-,19-/m0/s1. The van der Waals surface area contributed by atoms with E-state index in [1.807, 2.05) is 47.8 Å². The Kier molecular flexibility index (Phi) is 6.24. The number of carbonyl (C=O) groups excluding carboxylic acids is 2. The molecule has 2 aromatic rings. The maximum atomic E-state index is 13.2. The molecule has 1 aromatic heterocycles. The second-order valence-corrected chi connectivity index (χ2v) is 7.58. The van der Waals surface area contributed by atoms with E-state index in [4.69, 9.17) is 4.74 Å². The van der Waals surface area contributed by atoms with E-state index in [-0.39, 0.29) is 24.5 Å². The molecule has 2 heterocycles. The van der Waals surface area contributed by atoms with Crippen LogP contribution in [0.3, 0.4) is 0 Å². The number of amides is 2. The summed E-state index contributed by atoms with van der Waals surface area (Å²) >= 11 is 1.60. The molecule has 0 bridgehead atoms. The number of carbonyl (C=O) groups is 2. The maximum Gasteiger partial charge on any atom is 0.416 e. The van der Waals surface area contributed by atoms with Gasteiger partial charge in [-0.25, -0.2) is 9.69 Å². The molecule has 27 heavy (non-hydrogen) atoms. The van der Waals surface area contributed by atoms with Crippen LogP contribution in [0.25, 0.3) is 5.57 Å². The Morgan fingerprint density at radius 2 is 2.07 bits per heavy atom.